The number of hydrogen-bond acceptors (Lipinski definition) is 5. The van der Waals surface area contributed by atoms with Crippen molar-refractivity contribution in [2.75, 3.05) is 13.2 Å². The molecule has 0 fully saturated rings. The first-order valence-corrected chi connectivity index (χ1v) is 9.90. The van der Waals surface area contributed by atoms with Crippen molar-refractivity contribution in [1.82, 2.24) is 0 Å². The molecule has 0 bridgehead atoms. The van der Waals surface area contributed by atoms with Crippen LogP contribution >= 0.6 is 11.6 Å². The topological polar surface area (TPSA) is 78.6 Å². The highest BCUT2D eigenvalue weighted by Crippen LogP contribution is 2.44. The maximum absolute atomic E-state index is 12.5. The lowest BCUT2D eigenvalue weighted by Crippen LogP contribution is -2.29. The molecule has 0 spiro atoms. The Hall–Kier alpha value is -2.37. The summed E-state index contributed by atoms with van der Waals surface area (Å²) in [5.74, 6) is -0.607. The molecule has 0 amide bonds. The molecule has 2 aromatic rings. The van der Waals surface area contributed by atoms with Crippen molar-refractivity contribution in [2.24, 2.45) is 5.73 Å². The Kier molecular flexibility index (Phi) is 7.06. The third kappa shape index (κ3) is 4.72. The summed E-state index contributed by atoms with van der Waals surface area (Å²) in [7, 11) is 0. The van der Waals surface area contributed by atoms with Gasteiger partial charge in [0, 0.05) is 17.5 Å². The maximum atomic E-state index is 12.5. The largest absolute Gasteiger partial charge is 0.462 e. The summed E-state index contributed by atoms with van der Waals surface area (Å²) in [5.41, 5.74) is 9.05. The third-order valence-electron chi connectivity index (χ3n) is 5.02. The fraction of sp³-hybridized carbons (Fsp3) is 0.364. The van der Waals surface area contributed by atoms with Crippen LogP contribution in [0, 0.1) is 0 Å². The van der Waals surface area contributed by atoms with E-state index < -0.39 is 17.5 Å². The van der Waals surface area contributed by atoms with Crippen molar-refractivity contribution < 1.29 is 19.1 Å². The van der Waals surface area contributed by atoms with Crippen LogP contribution < -0.4 is 5.73 Å². The molecule has 1 aliphatic carbocycles. The Balaban J connectivity index is 1.67. The molecule has 0 radical (unpaired) electrons. The van der Waals surface area contributed by atoms with Gasteiger partial charge in [-0.25, -0.2) is 9.59 Å². The van der Waals surface area contributed by atoms with Crippen molar-refractivity contribution in [3.05, 3.63) is 59.7 Å². The first-order chi connectivity index (χ1) is 13.6. The van der Waals surface area contributed by atoms with E-state index in [4.69, 9.17) is 26.8 Å². The van der Waals surface area contributed by atoms with E-state index in [9.17, 15) is 9.59 Å². The van der Waals surface area contributed by atoms with Gasteiger partial charge in [0.1, 0.15) is 6.61 Å². The summed E-state index contributed by atoms with van der Waals surface area (Å²) in [5, 5.41) is 0. The highest BCUT2D eigenvalue weighted by atomic mass is 35.5. The van der Waals surface area contributed by atoms with Crippen LogP contribution in [0.2, 0.25) is 0 Å². The molecule has 1 atom stereocenters. The van der Waals surface area contributed by atoms with Crippen molar-refractivity contribution in [1.29, 1.82) is 0 Å². The number of carbonyl (C=O) groups is 2. The quantitative estimate of drug-likeness (QED) is 0.377. The molecule has 0 saturated heterocycles. The lowest BCUT2D eigenvalue weighted by molar-refractivity contribution is -0.153. The first kappa shape index (κ1) is 20.4. The van der Waals surface area contributed by atoms with Crippen LogP contribution in [-0.4, -0.2) is 30.7 Å². The number of fused-ring (bicyclic) bond motifs is 3. The summed E-state index contributed by atoms with van der Waals surface area (Å²) in [6, 6.07) is 16.2. The summed E-state index contributed by atoms with van der Waals surface area (Å²) in [6.45, 7) is 0.775. The fourth-order valence-electron chi connectivity index (χ4n) is 3.69. The van der Waals surface area contributed by atoms with Gasteiger partial charge >= 0.3 is 11.4 Å². The molecule has 1 aliphatic rings. The zero-order chi connectivity index (χ0) is 19.9. The van der Waals surface area contributed by atoms with E-state index in [-0.39, 0.29) is 12.5 Å². The minimum Gasteiger partial charge on any atom is -0.462 e. The van der Waals surface area contributed by atoms with Gasteiger partial charge in [-0.05, 0) is 48.1 Å². The molecule has 148 valence electrons. The lowest BCUT2D eigenvalue weighted by atomic mass is 9.98. The zero-order valence-corrected chi connectivity index (χ0v) is 16.4. The molecule has 0 aromatic heterocycles. The molecule has 28 heavy (non-hydrogen) atoms. The zero-order valence-electron chi connectivity index (χ0n) is 15.6. The molecule has 0 aliphatic heterocycles. The molecule has 1 unspecified atom stereocenters. The standard InChI is InChI=1S/C22H24ClNO4/c23-22(26)28-20(12-2-1-7-13-24)21(25)27-14-19-17-10-5-3-8-15(17)16-9-4-6-11-18(16)19/h3-6,8-11,19-20H,1-2,7,12-14,24H2. The van der Waals surface area contributed by atoms with E-state index in [1.807, 2.05) is 24.3 Å². The summed E-state index contributed by atoms with van der Waals surface area (Å²) in [6.07, 6.45) is 1.79. The average molecular weight is 402 g/mol. The number of rotatable bonds is 9. The molecule has 5 nitrogen and oxygen atoms in total. The van der Waals surface area contributed by atoms with Crippen molar-refractivity contribution in [2.45, 2.75) is 37.7 Å². The van der Waals surface area contributed by atoms with E-state index in [1.165, 1.54) is 0 Å². The predicted molar refractivity (Wildman–Crippen MR) is 108 cm³/mol. The number of carbonyl (C=O) groups excluding carboxylic acids is 2. The van der Waals surface area contributed by atoms with Gasteiger partial charge in [-0.15, -0.1) is 0 Å². The van der Waals surface area contributed by atoms with Crippen molar-refractivity contribution in [3.8, 4) is 11.1 Å². The minimum absolute atomic E-state index is 0.0408. The maximum Gasteiger partial charge on any atom is 0.404 e. The van der Waals surface area contributed by atoms with Gasteiger partial charge in [0.25, 0.3) is 0 Å². The summed E-state index contributed by atoms with van der Waals surface area (Å²) >= 11 is 5.33. The van der Waals surface area contributed by atoms with Crippen molar-refractivity contribution in [3.63, 3.8) is 0 Å². The smallest absolute Gasteiger partial charge is 0.404 e. The SMILES string of the molecule is NCCCCCC(OC(=O)Cl)C(=O)OCC1c2ccccc2-c2ccccc21. The van der Waals surface area contributed by atoms with Crippen LogP contribution in [0.4, 0.5) is 4.79 Å². The Morgan fingerprint density at radius 1 is 0.964 bits per heavy atom. The van der Waals surface area contributed by atoms with Crippen LogP contribution in [0.3, 0.4) is 0 Å². The Labute approximate surface area is 169 Å². The normalized spacial score (nSPS) is 13.5. The van der Waals surface area contributed by atoms with Crippen LogP contribution in [0.25, 0.3) is 11.1 Å². The lowest BCUT2D eigenvalue weighted by Gasteiger charge is -2.18. The van der Waals surface area contributed by atoms with Crippen LogP contribution in [0.1, 0.15) is 42.7 Å². The Morgan fingerprint density at radius 2 is 1.57 bits per heavy atom. The Morgan fingerprint density at radius 3 is 2.14 bits per heavy atom. The number of hydrogen-bond donors (Lipinski definition) is 1. The average Bonchev–Trinajstić information content (AvgIpc) is 3.02. The molecule has 2 aromatic carbocycles. The predicted octanol–water partition coefficient (Wildman–Crippen LogP) is 4.61. The van der Waals surface area contributed by atoms with Gasteiger partial charge < -0.3 is 15.2 Å². The number of benzene rings is 2. The monoisotopic (exact) mass is 401 g/mol. The van der Waals surface area contributed by atoms with E-state index in [1.54, 1.807) is 0 Å². The molecule has 2 N–H and O–H groups in total. The van der Waals surface area contributed by atoms with Crippen LogP contribution in [-0.2, 0) is 14.3 Å². The van der Waals surface area contributed by atoms with E-state index in [0.29, 0.717) is 19.4 Å². The second-order valence-electron chi connectivity index (χ2n) is 6.84. The molecule has 6 heteroatoms. The van der Waals surface area contributed by atoms with Crippen LogP contribution in [0.15, 0.2) is 48.5 Å². The molecule has 0 heterocycles. The number of halogens is 1. The third-order valence-corrected chi connectivity index (χ3v) is 5.11. The van der Waals surface area contributed by atoms with Gasteiger partial charge in [-0.3, -0.25) is 0 Å². The van der Waals surface area contributed by atoms with Gasteiger partial charge in [0.2, 0.25) is 0 Å². The van der Waals surface area contributed by atoms with E-state index >= 15 is 0 Å². The van der Waals surface area contributed by atoms with Gasteiger partial charge in [-0.1, -0.05) is 55.0 Å². The highest BCUT2D eigenvalue weighted by molar-refractivity contribution is 6.61. The fourth-order valence-corrected chi connectivity index (χ4v) is 3.79. The summed E-state index contributed by atoms with van der Waals surface area (Å²) in [4.78, 5) is 23.7. The number of unbranched alkanes of at least 4 members (excludes halogenated alkanes) is 2. The second kappa shape index (κ2) is 9.71. The molecular weight excluding hydrogens is 378 g/mol. The second-order valence-corrected chi connectivity index (χ2v) is 7.15. The minimum atomic E-state index is -1.00. The van der Waals surface area contributed by atoms with Crippen LogP contribution in [0.5, 0.6) is 0 Å². The number of ether oxygens (including phenoxy) is 2. The van der Waals surface area contributed by atoms with E-state index in [0.717, 1.165) is 35.1 Å². The first-order valence-electron chi connectivity index (χ1n) is 9.53. The van der Waals surface area contributed by atoms with Gasteiger partial charge in [-0.2, -0.15) is 0 Å². The van der Waals surface area contributed by atoms with E-state index in [2.05, 4.69) is 24.3 Å². The Bertz CT molecular complexity index is 793. The molecule has 3 rings (SSSR count). The highest BCUT2D eigenvalue weighted by Gasteiger charge is 2.31. The van der Waals surface area contributed by atoms with Gasteiger partial charge in [0.05, 0.1) is 0 Å². The van der Waals surface area contributed by atoms with Crippen molar-refractivity contribution >= 4 is 23.0 Å². The van der Waals surface area contributed by atoms with Gasteiger partial charge in [0.15, 0.2) is 6.10 Å². The number of esters is 1. The molecular formula is C22H24ClNO4. The number of nitrogens with two attached hydrogens (primary N) is 1. The molecule has 0 saturated carbocycles. The summed E-state index contributed by atoms with van der Waals surface area (Å²) < 4.78 is 10.5.